The maximum absolute atomic E-state index is 15.0. The summed E-state index contributed by atoms with van der Waals surface area (Å²) in [6.07, 6.45) is 2.67. The smallest absolute Gasteiger partial charge is 0.408 e. The lowest BCUT2D eigenvalue weighted by atomic mass is 10.1. The van der Waals surface area contributed by atoms with E-state index in [1.165, 1.54) is 6.42 Å². The van der Waals surface area contributed by atoms with Gasteiger partial charge in [-0.2, -0.15) is 5.10 Å². The zero-order chi connectivity index (χ0) is 23.3. The first kappa shape index (κ1) is 21.3. The lowest BCUT2D eigenvalue weighted by Crippen LogP contribution is -2.39. The normalized spacial score (nSPS) is 25.8. The second-order valence-electron chi connectivity index (χ2n) is 9.52. The number of halogens is 1. The summed E-state index contributed by atoms with van der Waals surface area (Å²) in [5, 5.41) is 13.0. The van der Waals surface area contributed by atoms with Crippen molar-refractivity contribution in [1.82, 2.24) is 34.8 Å². The highest BCUT2D eigenvalue weighted by Crippen LogP contribution is 2.36. The zero-order valence-corrected chi connectivity index (χ0v) is 18.8. The monoisotopic (exact) mass is 470 g/mol. The fraction of sp³-hybridized carbons (Fsp3) is 0.545. The average molecular weight is 471 g/mol. The first-order valence-corrected chi connectivity index (χ1v) is 11.6. The third-order valence-corrected chi connectivity index (χ3v) is 6.66. The van der Waals surface area contributed by atoms with Crippen LogP contribution < -0.4 is 10.6 Å². The number of hydrogen-bond donors (Lipinski definition) is 3. The molecule has 3 aromatic rings. The predicted molar refractivity (Wildman–Crippen MR) is 119 cm³/mol. The van der Waals surface area contributed by atoms with E-state index >= 15 is 4.39 Å². The van der Waals surface area contributed by atoms with E-state index in [4.69, 9.17) is 9.47 Å². The topological polar surface area (TPSA) is 122 Å². The molecule has 5 heterocycles. The molecule has 0 spiro atoms. The minimum absolute atomic E-state index is 0.0204. The number of fused-ring (bicyclic) bond motifs is 1. The van der Waals surface area contributed by atoms with Gasteiger partial charge in [-0.25, -0.2) is 19.2 Å². The number of H-pyrrole nitrogens is 1. The van der Waals surface area contributed by atoms with E-state index in [2.05, 4.69) is 35.7 Å². The van der Waals surface area contributed by atoms with Crippen molar-refractivity contribution >= 4 is 23.5 Å². The quantitative estimate of drug-likeness (QED) is 0.482. The molecule has 1 aliphatic carbocycles. The molecule has 3 aliphatic rings. The molecule has 0 bridgehead atoms. The number of carbonyl (C=O) groups is 1. The molecule has 34 heavy (non-hydrogen) atoms. The number of nitrogens with one attached hydrogen (secondary N) is 3. The van der Waals surface area contributed by atoms with Crippen LogP contribution in [0.5, 0.6) is 0 Å². The average Bonchev–Trinajstić information content (AvgIpc) is 3.14. The van der Waals surface area contributed by atoms with E-state index in [9.17, 15) is 4.79 Å². The van der Waals surface area contributed by atoms with Crippen LogP contribution in [-0.4, -0.2) is 73.1 Å². The van der Waals surface area contributed by atoms with Crippen molar-refractivity contribution in [3.8, 4) is 0 Å². The molecule has 2 aliphatic heterocycles. The first-order chi connectivity index (χ1) is 16.5. The Labute approximate surface area is 195 Å². The van der Waals surface area contributed by atoms with Crippen LogP contribution in [0.1, 0.15) is 43.7 Å². The molecule has 3 N–H and O–H groups in total. The van der Waals surface area contributed by atoms with Crippen LogP contribution in [0, 0.1) is 0 Å². The number of imidazole rings is 1. The number of hydrogen-bond acceptors (Lipinski definition) is 8. The Balaban J connectivity index is 1.11. The van der Waals surface area contributed by atoms with Crippen molar-refractivity contribution < 1.29 is 18.7 Å². The van der Waals surface area contributed by atoms with E-state index < -0.39 is 24.5 Å². The van der Waals surface area contributed by atoms with E-state index in [1.54, 1.807) is 12.3 Å². The molecule has 3 atom stereocenters. The van der Waals surface area contributed by atoms with Gasteiger partial charge in [0, 0.05) is 30.5 Å². The highest BCUT2D eigenvalue weighted by atomic mass is 19.1. The summed E-state index contributed by atoms with van der Waals surface area (Å²) in [6, 6.07) is 3.52. The SMILES string of the molecule is CC1(NC(=O)O[C@H]2CO[C@@H](c3cc(Nc4nccc5nc(CN6CCC6)cn45)n[nH]3)[C@@H]2F)CC1. The third-order valence-electron chi connectivity index (χ3n) is 6.66. The van der Waals surface area contributed by atoms with Gasteiger partial charge >= 0.3 is 6.09 Å². The Kier molecular flexibility index (Phi) is 5.14. The molecule has 1 amide bonds. The van der Waals surface area contributed by atoms with E-state index in [-0.39, 0.29) is 12.1 Å². The molecular formula is C22H27FN8O3. The van der Waals surface area contributed by atoms with Crippen molar-refractivity contribution in [2.45, 2.75) is 56.6 Å². The first-order valence-electron chi connectivity index (χ1n) is 11.6. The molecule has 180 valence electrons. The van der Waals surface area contributed by atoms with Gasteiger partial charge < -0.3 is 20.1 Å². The highest BCUT2D eigenvalue weighted by molar-refractivity contribution is 5.69. The molecule has 2 saturated heterocycles. The third kappa shape index (κ3) is 4.18. The molecule has 1 saturated carbocycles. The Morgan fingerprint density at radius 2 is 2.26 bits per heavy atom. The number of alkyl carbamates (subject to hydrolysis) is 1. The maximum atomic E-state index is 15.0. The number of carbonyl (C=O) groups excluding carboxylic acids is 1. The number of nitrogens with zero attached hydrogens (tertiary/aromatic N) is 5. The number of aromatic amines is 1. The second kappa shape index (κ2) is 8.20. The van der Waals surface area contributed by atoms with Crippen LogP contribution in [0.4, 0.5) is 21.0 Å². The van der Waals surface area contributed by atoms with Crippen molar-refractivity contribution in [3.63, 3.8) is 0 Å². The summed E-state index contributed by atoms with van der Waals surface area (Å²) in [7, 11) is 0. The minimum atomic E-state index is -1.51. The number of aromatic nitrogens is 5. The van der Waals surface area contributed by atoms with E-state index in [1.807, 2.05) is 23.6 Å². The van der Waals surface area contributed by atoms with E-state index in [0.717, 1.165) is 43.8 Å². The van der Waals surface area contributed by atoms with Crippen LogP contribution >= 0.6 is 0 Å². The van der Waals surface area contributed by atoms with E-state index in [0.29, 0.717) is 17.5 Å². The summed E-state index contributed by atoms with van der Waals surface area (Å²) in [5.41, 5.74) is 1.98. The molecule has 6 rings (SSSR count). The number of amides is 1. The zero-order valence-electron chi connectivity index (χ0n) is 18.8. The summed E-state index contributed by atoms with van der Waals surface area (Å²) in [4.78, 5) is 23.4. The van der Waals surface area contributed by atoms with Crippen LogP contribution in [0.3, 0.4) is 0 Å². The van der Waals surface area contributed by atoms with Gasteiger partial charge in [-0.15, -0.1) is 0 Å². The predicted octanol–water partition coefficient (Wildman–Crippen LogP) is 2.46. The highest BCUT2D eigenvalue weighted by Gasteiger charge is 2.44. The van der Waals surface area contributed by atoms with Crippen molar-refractivity contribution in [3.05, 3.63) is 35.9 Å². The number of likely N-dealkylation sites (tertiary alicyclic amines) is 1. The number of ether oxygens (including phenoxy) is 2. The van der Waals surface area contributed by atoms with Gasteiger partial charge in [-0.05, 0) is 45.3 Å². The van der Waals surface area contributed by atoms with Crippen LogP contribution in [-0.2, 0) is 16.0 Å². The molecule has 11 nitrogen and oxygen atoms in total. The number of rotatable bonds is 7. The van der Waals surface area contributed by atoms with Gasteiger partial charge in [0.25, 0.3) is 0 Å². The number of alkyl halides is 1. The molecule has 3 fully saturated rings. The Bertz CT molecular complexity index is 1200. The number of anilines is 2. The molecule has 0 radical (unpaired) electrons. The van der Waals surface area contributed by atoms with Gasteiger partial charge in [0.1, 0.15) is 11.8 Å². The van der Waals surface area contributed by atoms with Crippen LogP contribution in [0.25, 0.3) is 5.65 Å². The van der Waals surface area contributed by atoms with Crippen molar-refractivity contribution in [2.75, 3.05) is 25.0 Å². The standard InChI is InChI=1S/C22H27FN8O3/c1-22(4-5-22)27-21(32)34-15-12-33-19(18(15)23)14-9-16(29-28-14)26-20-24-6-3-17-25-13(11-31(17)20)10-30-7-2-8-30/h3,6,9,11,15,18-19H,2,4-5,7-8,10,12H2,1H3,(H,27,32)(H2,24,26,28,29)/t15-,18+,19-/m0/s1. The van der Waals surface area contributed by atoms with Crippen LogP contribution in [0.15, 0.2) is 24.5 Å². The molecule has 3 aromatic heterocycles. The summed E-state index contributed by atoms with van der Waals surface area (Å²) < 4.78 is 27.7. The Morgan fingerprint density at radius 3 is 3.03 bits per heavy atom. The van der Waals surface area contributed by atoms with Gasteiger partial charge in [0.05, 0.1) is 18.0 Å². The van der Waals surface area contributed by atoms with Gasteiger partial charge in [-0.3, -0.25) is 14.4 Å². The van der Waals surface area contributed by atoms with Gasteiger partial charge in [0.2, 0.25) is 5.95 Å². The van der Waals surface area contributed by atoms with Crippen molar-refractivity contribution in [2.24, 2.45) is 0 Å². The minimum Gasteiger partial charge on any atom is -0.441 e. The summed E-state index contributed by atoms with van der Waals surface area (Å²) in [6.45, 7) is 4.92. The molecule has 12 heteroatoms. The largest absolute Gasteiger partial charge is 0.441 e. The lowest BCUT2D eigenvalue weighted by molar-refractivity contribution is 0.0604. The maximum Gasteiger partial charge on any atom is 0.408 e. The lowest BCUT2D eigenvalue weighted by Gasteiger charge is -2.29. The Morgan fingerprint density at radius 1 is 1.41 bits per heavy atom. The fourth-order valence-electron chi connectivity index (χ4n) is 4.23. The van der Waals surface area contributed by atoms with Gasteiger partial charge in [-0.1, -0.05) is 0 Å². The molecular weight excluding hydrogens is 443 g/mol. The summed E-state index contributed by atoms with van der Waals surface area (Å²) >= 11 is 0. The summed E-state index contributed by atoms with van der Waals surface area (Å²) in [5.74, 6) is 1.01. The van der Waals surface area contributed by atoms with Crippen molar-refractivity contribution in [1.29, 1.82) is 0 Å². The molecule has 0 aromatic carbocycles. The molecule has 0 unspecified atom stereocenters. The van der Waals surface area contributed by atoms with Gasteiger partial charge in [0.15, 0.2) is 18.1 Å². The second-order valence-corrected chi connectivity index (χ2v) is 9.52. The van der Waals surface area contributed by atoms with Crippen LogP contribution in [0.2, 0.25) is 0 Å². The Hall–Kier alpha value is -3.25. The fourth-order valence-corrected chi connectivity index (χ4v) is 4.23.